The van der Waals surface area contributed by atoms with Crippen molar-refractivity contribution in [1.82, 2.24) is 0 Å². The van der Waals surface area contributed by atoms with E-state index in [0.29, 0.717) is 6.04 Å². The van der Waals surface area contributed by atoms with Gasteiger partial charge in [0.05, 0.1) is 19.9 Å². The minimum absolute atomic E-state index is 0.559. The van der Waals surface area contributed by atoms with Gasteiger partial charge in [0, 0.05) is 12.1 Å². The second-order valence-electron chi connectivity index (χ2n) is 5.72. The summed E-state index contributed by atoms with van der Waals surface area (Å²) in [6.45, 7) is 2.28. The van der Waals surface area contributed by atoms with Gasteiger partial charge in [-0.2, -0.15) is 0 Å². The molecule has 1 N–H and O–H groups in total. The van der Waals surface area contributed by atoms with Crippen molar-refractivity contribution in [3.63, 3.8) is 0 Å². The summed E-state index contributed by atoms with van der Waals surface area (Å²) >= 11 is 0. The van der Waals surface area contributed by atoms with Gasteiger partial charge < -0.3 is 14.8 Å². The van der Waals surface area contributed by atoms with E-state index in [-0.39, 0.29) is 0 Å². The maximum atomic E-state index is 5.43. The molecule has 0 spiro atoms. The molecule has 0 heterocycles. The molecule has 3 nitrogen and oxygen atoms in total. The second kappa shape index (κ2) is 7.41. The Balaban J connectivity index is 1.96. The predicted octanol–water partition coefficient (Wildman–Crippen LogP) is 4.47. The maximum absolute atomic E-state index is 5.43. The quantitative estimate of drug-likeness (QED) is 0.832. The van der Waals surface area contributed by atoms with Gasteiger partial charge in [-0.05, 0) is 43.7 Å². The highest BCUT2D eigenvalue weighted by Crippen LogP contribution is 2.33. The van der Waals surface area contributed by atoms with Gasteiger partial charge in [0.1, 0.15) is 11.5 Å². The summed E-state index contributed by atoms with van der Waals surface area (Å²) in [7, 11) is 3.41. The van der Waals surface area contributed by atoms with E-state index < -0.39 is 0 Å². The Morgan fingerprint density at radius 3 is 2.45 bits per heavy atom. The number of benzene rings is 1. The molecule has 1 fully saturated rings. The van der Waals surface area contributed by atoms with Crippen molar-refractivity contribution in [2.75, 3.05) is 19.5 Å². The van der Waals surface area contributed by atoms with Gasteiger partial charge in [-0.25, -0.2) is 0 Å². The lowest BCUT2D eigenvalue weighted by molar-refractivity contribution is 0.318. The lowest BCUT2D eigenvalue weighted by Crippen LogP contribution is -2.26. The zero-order chi connectivity index (χ0) is 14.4. The van der Waals surface area contributed by atoms with Crippen LogP contribution in [0.2, 0.25) is 0 Å². The number of ether oxygens (including phenoxy) is 2. The van der Waals surface area contributed by atoms with Crippen molar-refractivity contribution in [3.05, 3.63) is 18.2 Å². The summed E-state index contributed by atoms with van der Waals surface area (Å²) in [5.41, 5.74) is 1.05. The average Bonchev–Trinajstić information content (AvgIpc) is 2.49. The van der Waals surface area contributed by atoms with Gasteiger partial charge >= 0.3 is 0 Å². The van der Waals surface area contributed by atoms with Crippen molar-refractivity contribution >= 4 is 5.69 Å². The molecule has 0 amide bonds. The molecule has 1 aliphatic carbocycles. The van der Waals surface area contributed by atoms with Crippen LogP contribution >= 0.6 is 0 Å². The molecule has 0 aromatic heterocycles. The molecular formula is C17H27NO2. The molecule has 1 aromatic carbocycles. The van der Waals surface area contributed by atoms with E-state index >= 15 is 0 Å². The van der Waals surface area contributed by atoms with Crippen LogP contribution in [-0.4, -0.2) is 20.3 Å². The molecule has 0 saturated heterocycles. The number of hydrogen-bond donors (Lipinski definition) is 1. The van der Waals surface area contributed by atoms with E-state index in [9.17, 15) is 0 Å². The van der Waals surface area contributed by atoms with Crippen LogP contribution in [0.25, 0.3) is 0 Å². The summed E-state index contributed by atoms with van der Waals surface area (Å²) in [5, 5.41) is 3.63. The first-order valence-corrected chi connectivity index (χ1v) is 7.75. The van der Waals surface area contributed by atoms with Gasteiger partial charge in [-0.3, -0.25) is 0 Å². The standard InChI is InChI=1S/C17H27NO2/c1-4-5-13-6-8-14(9-7-13)18-16-12-15(19-2)10-11-17(16)20-3/h10-14,18H,4-9H2,1-3H3. The summed E-state index contributed by atoms with van der Waals surface area (Å²) in [4.78, 5) is 0. The van der Waals surface area contributed by atoms with Crippen LogP contribution in [0.1, 0.15) is 45.4 Å². The Morgan fingerprint density at radius 2 is 1.85 bits per heavy atom. The fraction of sp³-hybridized carbons (Fsp3) is 0.647. The maximum Gasteiger partial charge on any atom is 0.142 e. The Morgan fingerprint density at radius 1 is 1.10 bits per heavy atom. The van der Waals surface area contributed by atoms with Crippen LogP contribution < -0.4 is 14.8 Å². The van der Waals surface area contributed by atoms with E-state index in [1.54, 1.807) is 14.2 Å². The first-order chi connectivity index (χ1) is 9.76. The Kier molecular flexibility index (Phi) is 5.57. The smallest absolute Gasteiger partial charge is 0.142 e. The van der Waals surface area contributed by atoms with Crippen LogP contribution in [0, 0.1) is 5.92 Å². The van der Waals surface area contributed by atoms with Crippen molar-refractivity contribution in [2.45, 2.75) is 51.5 Å². The molecule has 1 saturated carbocycles. The minimum Gasteiger partial charge on any atom is -0.497 e. The number of methoxy groups -OCH3 is 2. The highest BCUT2D eigenvalue weighted by molar-refractivity contribution is 5.60. The van der Waals surface area contributed by atoms with Crippen LogP contribution in [0.15, 0.2) is 18.2 Å². The average molecular weight is 277 g/mol. The molecule has 20 heavy (non-hydrogen) atoms. The second-order valence-corrected chi connectivity index (χ2v) is 5.72. The Labute approximate surface area is 122 Å². The van der Waals surface area contributed by atoms with Crippen LogP contribution in [0.5, 0.6) is 11.5 Å². The third kappa shape index (κ3) is 3.81. The van der Waals surface area contributed by atoms with Gasteiger partial charge in [0.25, 0.3) is 0 Å². The lowest BCUT2D eigenvalue weighted by Gasteiger charge is -2.30. The molecule has 0 atom stereocenters. The first kappa shape index (κ1) is 15.0. The number of nitrogens with one attached hydrogen (secondary N) is 1. The van der Waals surface area contributed by atoms with E-state index in [1.807, 2.05) is 18.2 Å². The molecule has 0 aliphatic heterocycles. The van der Waals surface area contributed by atoms with E-state index in [1.165, 1.54) is 38.5 Å². The summed E-state index contributed by atoms with van der Waals surface area (Å²) < 4.78 is 10.7. The van der Waals surface area contributed by atoms with E-state index in [0.717, 1.165) is 23.1 Å². The fourth-order valence-electron chi connectivity index (χ4n) is 3.15. The number of anilines is 1. The van der Waals surface area contributed by atoms with E-state index in [4.69, 9.17) is 9.47 Å². The van der Waals surface area contributed by atoms with Gasteiger partial charge in [-0.1, -0.05) is 19.8 Å². The highest BCUT2D eigenvalue weighted by Gasteiger charge is 2.21. The van der Waals surface area contributed by atoms with Crippen LogP contribution in [-0.2, 0) is 0 Å². The van der Waals surface area contributed by atoms with E-state index in [2.05, 4.69) is 12.2 Å². The Bertz CT molecular complexity index is 411. The number of hydrogen-bond acceptors (Lipinski definition) is 3. The number of rotatable bonds is 6. The lowest BCUT2D eigenvalue weighted by atomic mass is 9.83. The SMILES string of the molecule is CCCC1CCC(Nc2cc(OC)ccc2OC)CC1. The first-order valence-electron chi connectivity index (χ1n) is 7.75. The molecule has 2 rings (SSSR count). The fourth-order valence-corrected chi connectivity index (χ4v) is 3.15. The molecule has 1 aliphatic rings. The summed E-state index contributed by atoms with van der Waals surface area (Å²) in [5.74, 6) is 2.69. The third-order valence-electron chi connectivity index (χ3n) is 4.31. The summed E-state index contributed by atoms with van der Waals surface area (Å²) in [6.07, 6.45) is 7.90. The third-order valence-corrected chi connectivity index (χ3v) is 4.31. The van der Waals surface area contributed by atoms with Crippen LogP contribution in [0.3, 0.4) is 0 Å². The van der Waals surface area contributed by atoms with Gasteiger partial charge in [0.2, 0.25) is 0 Å². The topological polar surface area (TPSA) is 30.5 Å². The van der Waals surface area contributed by atoms with Crippen molar-refractivity contribution in [1.29, 1.82) is 0 Å². The monoisotopic (exact) mass is 277 g/mol. The summed E-state index contributed by atoms with van der Waals surface area (Å²) in [6, 6.07) is 6.48. The van der Waals surface area contributed by atoms with Crippen LogP contribution in [0.4, 0.5) is 5.69 Å². The predicted molar refractivity (Wildman–Crippen MR) is 83.8 cm³/mol. The zero-order valence-corrected chi connectivity index (χ0v) is 12.9. The molecule has 0 unspecified atom stereocenters. The molecule has 1 aromatic rings. The van der Waals surface area contributed by atoms with Gasteiger partial charge in [0.15, 0.2) is 0 Å². The molecule has 112 valence electrons. The normalized spacial score (nSPS) is 22.4. The van der Waals surface area contributed by atoms with Gasteiger partial charge in [-0.15, -0.1) is 0 Å². The largest absolute Gasteiger partial charge is 0.497 e. The highest BCUT2D eigenvalue weighted by atomic mass is 16.5. The Hall–Kier alpha value is -1.38. The molecular weight excluding hydrogens is 250 g/mol. The minimum atomic E-state index is 0.559. The van der Waals surface area contributed by atoms with Crippen molar-refractivity contribution < 1.29 is 9.47 Å². The van der Waals surface area contributed by atoms with Crippen molar-refractivity contribution in [3.8, 4) is 11.5 Å². The molecule has 0 bridgehead atoms. The molecule has 3 heteroatoms. The van der Waals surface area contributed by atoms with Crippen molar-refractivity contribution in [2.24, 2.45) is 5.92 Å². The molecule has 0 radical (unpaired) electrons. The zero-order valence-electron chi connectivity index (χ0n) is 12.9.